The van der Waals surface area contributed by atoms with Crippen molar-refractivity contribution in [3.8, 4) is 0 Å². The van der Waals surface area contributed by atoms with E-state index in [-0.39, 0.29) is 12.1 Å². The quantitative estimate of drug-likeness (QED) is 0.0411. The van der Waals surface area contributed by atoms with Crippen molar-refractivity contribution >= 4 is 11.9 Å². The topological polar surface area (TPSA) is 63.6 Å². The maximum atomic E-state index is 12.6. The van der Waals surface area contributed by atoms with Crippen molar-refractivity contribution in [1.29, 1.82) is 0 Å². The van der Waals surface area contributed by atoms with Crippen molar-refractivity contribution in [2.45, 2.75) is 245 Å². The molecule has 0 aromatic carbocycles. The number of aliphatic carboxylic acids is 1. The van der Waals surface area contributed by atoms with Gasteiger partial charge in [0.1, 0.15) is 6.10 Å². The number of hydrogen-bond donors (Lipinski definition) is 1. The van der Waals surface area contributed by atoms with Gasteiger partial charge in [-0.15, -0.1) is 0 Å². The first-order chi connectivity index (χ1) is 22.6. The van der Waals surface area contributed by atoms with Crippen LogP contribution in [-0.4, -0.2) is 23.1 Å². The lowest BCUT2D eigenvalue weighted by Gasteiger charge is -2.18. The fourth-order valence-electron chi connectivity index (χ4n) is 6.42. The molecule has 1 unspecified atom stereocenters. The highest BCUT2D eigenvalue weighted by molar-refractivity contribution is 5.69. The van der Waals surface area contributed by atoms with Gasteiger partial charge in [0, 0.05) is 12.8 Å². The zero-order valence-electron chi connectivity index (χ0n) is 31.2. The van der Waals surface area contributed by atoms with Gasteiger partial charge in [0.25, 0.3) is 0 Å². The summed E-state index contributed by atoms with van der Waals surface area (Å²) < 4.78 is 6.01. The van der Waals surface area contributed by atoms with E-state index in [1.807, 2.05) is 0 Å². The number of unbranched alkanes of at least 4 members (excludes halogenated alkanes) is 27. The first-order valence-corrected chi connectivity index (χ1v) is 20.7. The predicted molar refractivity (Wildman–Crippen MR) is 200 cm³/mol. The maximum absolute atomic E-state index is 12.6. The lowest BCUT2D eigenvalue weighted by molar-refractivity contribution is -0.150. The smallest absolute Gasteiger partial charge is 0.306 e. The van der Waals surface area contributed by atoms with Crippen LogP contribution in [-0.2, 0) is 14.3 Å². The molecule has 0 saturated heterocycles. The molecule has 4 heteroatoms. The highest BCUT2D eigenvalue weighted by Gasteiger charge is 2.14. The average Bonchev–Trinajstić information content (AvgIpc) is 3.04. The Morgan fingerprint density at radius 1 is 0.457 bits per heavy atom. The minimum absolute atomic E-state index is 0.0263. The molecule has 0 bridgehead atoms. The molecule has 0 aliphatic carbocycles. The lowest BCUT2D eigenvalue weighted by Crippen LogP contribution is -2.18. The third-order valence-electron chi connectivity index (χ3n) is 9.49. The first-order valence-electron chi connectivity index (χ1n) is 20.7. The van der Waals surface area contributed by atoms with Crippen LogP contribution in [0.4, 0.5) is 0 Å². The Hall–Kier alpha value is -1.32. The van der Waals surface area contributed by atoms with E-state index >= 15 is 0 Å². The van der Waals surface area contributed by atoms with Crippen molar-refractivity contribution in [3.05, 3.63) is 12.2 Å². The van der Waals surface area contributed by atoms with Crippen LogP contribution in [0.15, 0.2) is 12.2 Å². The van der Waals surface area contributed by atoms with Gasteiger partial charge < -0.3 is 9.84 Å². The molecule has 46 heavy (non-hydrogen) atoms. The van der Waals surface area contributed by atoms with Crippen LogP contribution < -0.4 is 0 Å². The number of rotatable bonds is 38. The van der Waals surface area contributed by atoms with Crippen LogP contribution in [0.5, 0.6) is 0 Å². The molecular weight excluding hydrogens is 568 g/mol. The number of carboxylic acids is 1. The number of esters is 1. The van der Waals surface area contributed by atoms with E-state index in [0.717, 1.165) is 51.4 Å². The maximum Gasteiger partial charge on any atom is 0.306 e. The van der Waals surface area contributed by atoms with Gasteiger partial charge >= 0.3 is 11.9 Å². The highest BCUT2D eigenvalue weighted by atomic mass is 16.5. The Kier molecular flexibility index (Phi) is 37.0. The van der Waals surface area contributed by atoms with Gasteiger partial charge in [0.05, 0.1) is 0 Å². The van der Waals surface area contributed by atoms with Crippen LogP contribution in [0.1, 0.15) is 239 Å². The summed E-state index contributed by atoms with van der Waals surface area (Å²) in [6.07, 6.45) is 46.8. The van der Waals surface area contributed by atoms with Crippen LogP contribution in [0.2, 0.25) is 0 Å². The van der Waals surface area contributed by atoms with Crippen molar-refractivity contribution in [2.24, 2.45) is 0 Å². The SMILES string of the molecule is CCCCCCCC/C=C\CCCCCCCCCCCC(=O)OC(CCCCCCCC)CCCCCCCCCCC(=O)O. The van der Waals surface area contributed by atoms with Gasteiger partial charge in [-0.2, -0.15) is 0 Å². The van der Waals surface area contributed by atoms with Gasteiger partial charge in [0.2, 0.25) is 0 Å². The van der Waals surface area contributed by atoms with Gasteiger partial charge in [-0.05, 0) is 64.2 Å². The van der Waals surface area contributed by atoms with Crippen molar-refractivity contribution < 1.29 is 19.4 Å². The third kappa shape index (κ3) is 37.1. The second-order valence-corrected chi connectivity index (χ2v) is 14.2. The summed E-state index contributed by atoms with van der Waals surface area (Å²) in [6, 6.07) is 0. The zero-order valence-corrected chi connectivity index (χ0v) is 31.2. The van der Waals surface area contributed by atoms with Crippen LogP contribution in [0.25, 0.3) is 0 Å². The number of allylic oxidation sites excluding steroid dienone is 2. The number of carbonyl (C=O) groups is 2. The van der Waals surface area contributed by atoms with E-state index in [1.165, 1.54) is 161 Å². The minimum Gasteiger partial charge on any atom is -0.481 e. The normalized spacial score (nSPS) is 12.2. The molecule has 272 valence electrons. The number of carboxylic acid groups (broad SMARTS) is 1. The first kappa shape index (κ1) is 44.7. The summed E-state index contributed by atoms with van der Waals surface area (Å²) in [6.45, 7) is 4.54. The molecule has 0 aromatic heterocycles. The van der Waals surface area contributed by atoms with Crippen molar-refractivity contribution in [2.75, 3.05) is 0 Å². The predicted octanol–water partition coefficient (Wildman–Crippen LogP) is 14.2. The molecular formula is C42H80O4. The molecule has 1 atom stereocenters. The van der Waals surface area contributed by atoms with Gasteiger partial charge in [0.15, 0.2) is 0 Å². The zero-order chi connectivity index (χ0) is 33.6. The van der Waals surface area contributed by atoms with Crippen molar-refractivity contribution in [3.63, 3.8) is 0 Å². The number of ether oxygens (including phenoxy) is 1. The number of carbonyl (C=O) groups excluding carboxylic acids is 1. The molecule has 0 aliphatic heterocycles. The van der Waals surface area contributed by atoms with E-state index in [1.54, 1.807) is 0 Å². The van der Waals surface area contributed by atoms with Gasteiger partial charge in [-0.3, -0.25) is 9.59 Å². The molecule has 0 radical (unpaired) electrons. The summed E-state index contributed by atoms with van der Waals surface area (Å²) in [5.74, 6) is -0.654. The van der Waals surface area contributed by atoms with Crippen LogP contribution >= 0.6 is 0 Å². The second-order valence-electron chi connectivity index (χ2n) is 14.2. The Bertz CT molecular complexity index is 658. The summed E-state index contributed by atoms with van der Waals surface area (Å²) in [7, 11) is 0. The summed E-state index contributed by atoms with van der Waals surface area (Å²) in [5.41, 5.74) is 0. The van der Waals surface area contributed by atoms with E-state index in [2.05, 4.69) is 26.0 Å². The molecule has 0 rings (SSSR count). The van der Waals surface area contributed by atoms with Gasteiger partial charge in [-0.1, -0.05) is 174 Å². The Morgan fingerprint density at radius 3 is 1.17 bits per heavy atom. The van der Waals surface area contributed by atoms with Crippen molar-refractivity contribution in [1.82, 2.24) is 0 Å². The van der Waals surface area contributed by atoms with E-state index in [4.69, 9.17) is 9.84 Å². The fourth-order valence-corrected chi connectivity index (χ4v) is 6.42. The van der Waals surface area contributed by atoms with Crippen LogP contribution in [0, 0.1) is 0 Å². The van der Waals surface area contributed by atoms with E-state index < -0.39 is 5.97 Å². The van der Waals surface area contributed by atoms with E-state index in [0.29, 0.717) is 12.8 Å². The molecule has 0 aliphatic rings. The summed E-state index contributed by atoms with van der Waals surface area (Å²) in [4.78, 5) is 23.3. The second kappa shape index (κ2) is 38.1. The molecule has 0 aromatic rings. The average molecular weight is 649 g/mol. The van der Waals surface area contributed by atoms with E-state index in [9.17, 15) is 9.59 Å². The Labute approximate surface area is 287 Å². The summed E-state index contributed by atoms with van der Waals surface area (Å²) >= 11 is 0. The van der Waals surface area contributed by atoms with Gasteiger partial charge in [-0.25, -0.2) is 0 Å². The molecule has 4 nitrogen and oxygen atoms in total. The molecule has 0 heterocycles. The molecule has 0 amide bonds. The molecule has 0 saturated carbocycles. The largest absolute Gasteiger partial charge is 0.481 e. The lowest BCUT2D eigenvalue weighted by atomic mass is 10.0. The van der Waals surface area contributed by atoms with Crippen LogP contribution in [0.3, 0.4) is 0 Å². The number of hydrogen-bond acceptors (Lipinski definition) is 3. The Balaban J connectivity index is 3.84. The monoisotopic (exact) mass is 649 g/mol. The summed E-state index contributed by atoms with van der Waals surface area (Å²) in [5, 5.41) is 8.73. The third-order valence-corrected chi connectivity index (χ3v) is 9.49. The highest BCUT2D eigenvalue weighted by Crippen LogP contribution is 2.19. The fraction of sp³-hybridized carbons (Fsp3) is 0.905. The molecule has 0 spiro atoms. The molecule has 1 N–H and O–H groups in total. The Morgan fingerprint density at radius 2 is 0.783 bits per heavy atom. The standard InChI is InChI=1S/C42H80O4/c1-3-5-7-9-11-12-13-14-15-16-17-18-19-20-21-22-27-31-35-39-42(45)46-40(36-32-28-10-8-6-4-2)37-33-29-25-23-24-26-30-34-38-41(43)44/h14-15,40H,3-13,16-39H2,1-2H3,(H,43,44)/b15-14-. The minimum atomic E-state index is -0.680. The molecule has 0 fully saturated rings.